The van der Waals surface area contributed by atoms with Crippen molar-refractivity contribution in [1.29, 1.82) is 0 Å². The Morgan fingerprint density at radius 3 is 2.00 bits per heavy atom. The average Bonchev–Trinajstić information content (AvgIpc) is 2.32. The SMILES string of the molecule is C[SiH](C)Oc1ccc(Nc2ccccc2)cc1. The standard InChI is InChI=1S/C14H17NOSi/c1-17(2)16-14-10-8-13(9-11-14)15-12-6-4-3-5-7-12/h3-11,15,17H,1-2H3. The largest absolute Gasteiger partial charge is 0.547 e. The second-order valence-corrected chi connectivity index (χ2v) is 6.52. The van der Waals surface area contributed by atoms with Crippen LogP contribution in [-0.2, 0) is 0 Å². The molecule has 0 saturated carbocycles. The highest BCUT2D eigenvalue weighted by Crippen LogP contribution is 2.20. The van der Waals surface area contributed by atoms with Gasteiger partial charge in [0.2, 0.25) is 9.04 Å². The lowest BCUT2D eigenvalue weighted by atomic mass is 10.2. The normalized spacial score (nSPS) is 10.3. The smallest absolute Gasteiger partial charge is 0.229 e. The molecule has 0 atom stereocenters. The predicted octanol–water partition coefficient (Wildman–Crippen LogP) is 3.79. The molecule has 2 aromatic carbocycles. The van der Waals surface area contributed by atoms with Crippen LogP contribution in [0.4, 0.5) is 11.4 Å². The second kappa shape index (κ2) is 5.55. The van der Waals surface area contributed by atoms with Crippen LogP contribution in [0.3, 0.4) is 0 Å². The summed E-state index contributed by atoms with van der Waals surface area (Å²) in [5.41, 5.74) is 2.17. The van der Waals surface area contributed by atoms with Crippen molar-refractivity contribution in [3.05, 3.63) is 54.6 Å². The van der Waals surface area contributed by atoms with Gasteiger partial charge < -0.3 is 9.74 Å². The number of benzene rings is 2. The van der Waals surface area contributed by atoms with Gasteiger partial charge in [0.15, 0.2) is 0 Å². The van der Waals surface area contributed by atoms with Crippen LogP contribution >= 0.6 is 0 Å². The molecule has 2 rings (SSSR count). The van der Waals surface area contributed by atoms with Gasteiger partial charge in [-0.05, 0) is 49.5 Å². The lowest BCUT2D eigenvalue weighted by molar-refractivity contribution is 0.581. The monoisotopic (exact) mass is 243 g/mol. The van der Waals surface area contributed by atoms with E-state index in [0.717, 1.165) is 17.1 Å². The van der Waals surface area contributed by atoms with Gasteiger partial charge >= 0.3 is 0 Å². The van der Waals surface area contributed by atoms with E-state index in [1.165, 1.54) is 0 Å². The summed E-state index contributed by atoms with van der Waals surface area (Å²) in [5, 5.41) is 3.34. The van der Waals surface area contributed by atoms with Crippen molar-refractivity contribution in [2.24, 2.45) is 0 Å². The van der Waals surface area contributed by atoms with Crippen LogP contribution in [0.15, 0.2) is 54.6 Å². The minimum Gasteiger partial charge on any atom is -0.547 e. The molecule has 0 bridgehead atoms. The first kappa shape index (κ1) is 11.7. The van der Waals surface area contributed by atoms with E-state index in [1.54, 1.807) is 0 Å². The Bertz CT molecular complexity index is 453. The van der Waals surface area contributed by atoms with Crippen molar-refractivity contribution in [2.75, 3.05) is 5.32 Å². The maximum Gasteiger partial charge on any atom is 0.229 e. The van der Waals surface area contributed by atoms with E-state index in [9.17, 15) is 0 Å². The summed E-state index contributed by atoms with van der Waals surface area (Å²) in [6.45, 7) is 4.33. The van der Waals surface area contributed by atoms with Gasteiger partial charge in [-0.1, -0.05) is 18.2 Å². The Morgan fingerprint density at radius 1 is 0.824 bits per heavy atom. The third-order valence-corrected chi connectivity index (χ3v) is 3.03. The zero-order valence-electron chi connectivity index (χ0n) is 10.2. The molecule has 0 aliphatic rings. The number of nitrogens with one attached hydrogen (secondary N) is 1. The van der Waals surface area contributed by atoms with Crippen LogP contribution in [-0.4, -0.2) is 9.04 Å². The van der Waals surface area contributed by atoms with Crippen LogP contribution < -0.4 is 9.74 Å². The molecular formula is C14H17NOSi. The molecule has 17 heavy (non-hydrogen) atoms. The van der Waals surface area contributed by atoms with Crippen LogP contribution in [0.5, 0.6) is 5.75 Å². The Hall–Kier alpha value is -1.74. The van der Waals surface area contributed by atoms with Gasteiger partial charge in [-0.15, -0.1) is 0 Å². The quantitative estimate of drug-likeness (QED) is 0.825. The molecule has 88 valence electrons. The predicted molar refractivity (Wildman–Crippen MR) is 75.7 cm³/mol. The van der Waals surface area contributed by atoms with E-state index in [-0.39, 0.29) is 0 Å². The first-order valence-electron chi connectivity index (χ1n) is 5.83. The van der Waals surface area contributed by atoms with E-state index in [4.69, 9.17) is 4.43 Å². The van der Waals surface area contributed by atoms with E-state index in [1.807, 2.05) is 54.6 Å². The Labute approximate surface area is 104 Å². The fraction of sp³-hybridized carbons (Fsp3) is 0.143. The maximum atomic E-state index is 5.73. The van der Waals surface area contributed by atoms with Gasteiger partial charge in [0.1, 0.15) is 5.75 Å². The molecule has 0 unspecified atom stereocenters. The fourth-order valence-electron chi connectivity index (χ4n) is 1.58. The number of anilines is 2. The number of hydrogen-bond acceptors (Lipinski definition) is 2. The number of para-hydroxylation sites is 1. The molecule has 0 heterocycles. The van der Waals surface area contributed by atoms with Crippen molar-refractivity contribution in [3.8, 4) is 5.75 Å². The second-order valence-electron chi connectivity index (χ2n) is 4.18. The molecule has 3 heteroatoms. The summed E-state index contributed by atoms with van der Waals surface area (Å²) in [4.78, 5) is 0. The van der Waals surface area contributed by atoms with Crippen molar-refractivity contribution in [2.45, 2.75) is 13.1 Å². The van der Waals surface area contributed by atoms with Crippen LogP contribution in [0, 0.1) is 0 Å². The van der Waals surface area contributed by atoms with Crippen molar-refractivity contribution >= 4 is 20.4 Å². The fourth-order valence-corrected chi connectivity index (χ4v) is 2.28. The van der Waals surface area contributed by atoms with Crippen molar-refractivity contribution < 1.29 is 4.43 Å². The number of hydrogen-bond donors (Lipinski definition) is 1. The molecule has 1 N–H and O–H groups in total. The van der Waals surface area contributed by atoms with Crippen molar-refractivity contribution in [1.82, 2.24) is 0 Å². The summed E-state index contributed by atoms with van der Waals surface area (Å²) in [5.74, 6) is 0.963. The molecule has 0 saturated heterocycles. The zero-order chi connectivity index (χ0) is 12.1. The summed E-state index contributed by atoms with van der Waals surface area (Å²) in [6, 6.07) is 18.2. The van der Waals surface area contributed by atoms with Crippen molar-refractivity contribution in [3.63, 3.8) is 0 Å². The lowest BCUT2D eigenvalue weighted by Crippen LogP contribution is -2.10. The Morgan fingerprint density at radius 2 is 1.41 bits per heavy atom. The van der Waals surface area contributed by atoms with Crippen LogP contribution in [0.2, 0.25) is 13.1 Å². The lowest BCUT2D eigenvalue weighted by Gasteiger charge is -2.10. The Balaban J connectivity index is 2.03. The molecule has 2 aromatic rings. The maximum absolute atomic E-state index is 5.73. The molecular weight excluding hydrogens is 226 g/mol. The molecule has 0 amide bonds. The van der Waals surface area contributed by atoms with E-state index in [0.29, 0.717) is 0 Å². The van der Waals surface area contributed by atoms with Crippen LogP contribution in [0.1, 0.15) is 0 Å². The molecule has 0 radical (unpaired) electrons. The summed E-state index contributed by atoms with van der Waals surface area (Å²) in [7, 11) is -1.00. The van der Waals surface area contributed by atoms with E-state index >= 15 is 0 Å². The van der Waals surface area contributed by atoms with E-state index < -0.39 is 9.04 Å². The van der Waals surface area contributed by atoms with Gasteiger partial charge in [-0.2, -0.15) is 0 Å². The molecule has 0 aromatic heterocycles. The third-order valence-electron chi connectivity index (χ3n) is 2.29. The minimum absolute atomic E-state index is 0.963. The van der Waals surface area contributed by atoms with Gasteiger partial charge in [0, 0.05) is 11.4 Å². The molecule has 0 fully saturated rings. The summed E-state index contributed by atoms with van der Waals surface area (Å²) < 4.78 is 5.73. The zero-order valence-corrected chi connectivity index (χ0v) is 11.3. The molecule has 0 spiro atoms. The van der Waals surface area contributed by atoms with Gasteiger partial charge in [-0.25, -0.2) is 0 Å². The third kappa shape index (κ3) is 3.64. The molecule has 2 nitrogen and oxygen atoms in total. The van der Waals surface area contributed by atoms with Gasteiger partial charge in [0.25, 0.3) is 0 Å². The molecule has 0 aliphatic heterocycles. The topological polar surface area (TPSA) is 21.3 Å². The van der Waals surface area contributed by atoms with E-state index in [2.05, 4.69) is 18.4 Å². The Kier molecular flexibility index (Phi) is 3.83. The minimum atomic E-state index is -1.00. The number of rotatable bonds is 4. The summed E-state index contributed by atoms with van der Waals surface area (Å²) >= 11 is 0. The highest BCUT2D eigenvalue weighted by molar-refractivity contribution is 6.49. The first-order chi connectivity index (χ1) is 8.24. The first-order valence-corrected chi connectivity index (χ1v) is 8.61. The summed E-state index contributed by atoms with van der Waals surface area (Å²) in [6.07, 6.45) is 0. The average molecular weight is 243 g/mol. The van der Waals surface area contributed by atoms with Crippen LogP contribution in [0.25, 0.3) is 0 Å². The highest BCUT2D eigenvalue weighted by atomic mass is 28.3. The highest BCUT2D eigenvalue weighted by Gasteiger charge is 1.99. The van der Waals surface area contributed by atoms with Gasteiger partial charge in [0.05, 0.1) is 0 Å². The van der Waals surface area contributed by atoms with Gasteiger partial charge in [-0.3, -0.25) is 0 Å². The molecule has 0 aliphatic carbocycles.